The minimum absolute atomic E-state index is 0.00431. The van der Waals surface area contributed by atoms with E-state index in [1.807, 2.05) is 13.0 Å². The van der Waals surface area contributed by atoms with Crippen LogP contribution >= 0.6 is 0 Å². The van der Waals surface area contributed by atoms with E-state index in [0.29, 0.717) is 24.7 Å². The Hall–Kier alpha value is -2.30. The molecule has 0 radical (unpaired) electrons. The zero-order chi connectivity index (χ0) is 15.5. The molecule has 0 atom stereocenters. The van der Waals surface area contributed by atoms with Gasteiger partial charge in [-0.3, -0.25) is 4.79 Å². The highest BCUT2D eigenvalue weighted by Crippen LogP contribution is 2.40. The van der Waals surface area contributed by atoms with E-state index in [1.165, 1.54) is 12.8 Å². The van der Waals surface area contributed by atoms with E-state index in [-0.39, 0.29) is 6.42 Å². The van der Waals surface area contributed by atoms with Gasteiger partial charge in [-0.25, -0.2) is 4.98 Å². The van der Waals surface area contributed by atoms with Crippen molar-refractivity contribution in [3.05, 3.63) is 47.2 Å². The molecule has 3 rings (SSSR count). The predicted octanol–water partition coefficient (Wildman–Crippen LogP) is 3.11. The molecule has 2 aromatic rings. The first-order valence-electron chi connectivity index (χ1n) is 7.51. The summed E-state index contributed by atoms with van der Waals surface area (Å²) < 4.78 is 11.4. The molecule has 1 aliphatic rings. The summed E-state index contributed by atoms with van der Waals surface area (Å²) in [6.07, 6.45) is 3.04. The summed E-state index contributed by atoms with van der Waals surface area (Å²) in [5, 5.41) is 8.81. The molecular formula is C17H19NO4. The molecule has 0 bridgehead atoms. The number of benzene rings is 1. The van der Waals surface area contributed by atoms with E-state index < -0.39 is 5.97 Å². The second kappa shape index (κ2) is 6.22. The Labute approximate surface area is 128 Å². The Bertz CT molecular complexity index is 673. The lowest BCUT2D eigenvalue weighted by atomic mass is 10.1. The van der Waals surface area contributed by atoms with E-state index >= 15 is 0 Å². The van der Waals surface area contributed by atoms with Crippen LogP contribution in [-0.2, 0) is 17.6 Å². The van der Waals surface area contributed by atoms with Crippen LogP contribution in [0.25, 0.3) is 0 Å². The van der Waals surface area contributed by atoms with Crippen LogP contribution in [0.4, 0.5) is 0 Å². The van der Waals surface area contributed by atoms with Gasteiger partial charge in [0, 0.05) is 12.3 Å². The summed E-state index contributed by atoms with van der Waals surface area (Å²) in [6.45, 7) is 2.43. The maximum atomic E-state index is 10.7. The molecule has 0 amide bonds. The average molecular weight is 301 g/mol. The molecule has 1 aliphatic carbocycles. The third-order valence-electron chi connectivity index (χ3n) is 3.70. The number of aromatic nitrogens is 1. The van der Waals surface area contributed by atoms with Crippen LogP contribution in [0.2, 0.25) is 0 Å². The van der Waals surface area contributed by atoms with Gasteiger partial charge >= 0.3 is 5.97 Å². The van der Waals surface area contributed by atoms with Gasteiger partial charge in [0.05, 0.1) is 18.7 Å². The van der Waals surface area contributed by atoms with E-state index in [1.54, 1.807) is 18.2 Å². The van der Waals surface area contributed by atoms with Gasteiger partial charge in [0.1, 0.15) is 11.5 Å². The molecule has 1 fully saturated rings. The van der Waals surface area contributed by atoms with Crippen molar-refractivity contribution < 1.29 is 19.1 Å². The zero-order valence-corrected chi connectivity index (χ0v) is 12.5. The average Bonchev–Trinajstić information content (AvgIpc) is 3.24. The molecule has 116 valence electrons. The van der Waals surface area contributed by atoms with Crippen molar-refractivity contribution in [3.63, 3.8) is 0 Å². The monoisotopic (exact) mass is 301 g/mol. The largest absolute Gasteiger partial charge is 0.493 e. The lowest BCUT2D eigenvalue weighted by Gasteiger charge is -2.06. The van der Waals surface area contributed by atoms with Crippen molar-refractivity contribution in [1.29, 1.82) is 0 Å². The standard InChI is InChI=1S/C17H19NO4/c1-11-15(18-17(22-11)13-5-6-13)7-8-21-14-4-2-3-12(9-14)10-16(19)20/h2-4,9,13H,5-8,10H2,1H3,(H,19,20). The van der Waals surface area contributed by atoms with Crippen LogP contribution in [0.3, 0.4) is 0 Å². The molecule has 1 N–H and O–H groups in total. The molecule has 1 heterocycles. The maximum Gasteiger partial charge on any atom is 0.307 e. The number of aliphatic carboxylic acids is 1. The fourth-order valence-corrected chi connectivity index (χ4v) is 2.37. The quantitative estimate of drug-likeness (QED) is 0.850. The second-order valence-electron chi connectivity index (χ2n) is 5.65. The lowest BCUT2D eigenvalue weighted by Crippen LogP contribution is -2.04. The van der Waals surface area contributed by atoms with E-state index in [0.717, 1.165) is 22.9 Å². The number of ether oxygens (including phenoxy) is 1. The fraction of sp³-hybridized carbons (Fsp3) is 0.412. The molecule has 0 spiro atoms. The SMILES string of the molecule is Cc1oc(C2CC2)nc1CCOc1cccc(CC(=O)O)c1. The van der Waals surface area contributed by atoms with E-state index in [9.17, 15) is 4.79 Å². The van der Waals surface area contributed by atoms with Gasteiger partial charge in [0.25, 0.3) is 0 Å². The zero-order valence-electron chi connectivity index (χ0n) is 12.5. The summed E-state index contributed by atoms with van der Waals surface area (Å²) in [4.78, 5) is 15.3. The van der Waals surface area contributed by atoms with Crippen LogP contribution in [0.1, 0.15) is 41.7 Å². The number of carboxylic acid groups (broad SMARTS) is 1. The number of hydrogen-bond acceptors (Lipinski definition) is 4. The van der Waals surface area contributed by atoms with Crippen LogP contribution in [-0.4, -0.2) is 22.7 Å². The lowest BCUT2D eigenvalue weighted by molar-refractivity contribution is -0.136. The third kappa shape index (κ3) is 3.67. The third-order valence-corrected chi connectivity index (χ3v) is 3.70. The number of nitrogens with zero attached hydrogens (tertiary/aromatic N) is 1. The molecule has 1 aromatic heterocycles. The van der Waals surface area contributed by atoms with E-state index in [2.05, 4.69) is 4.98 Å². The normalized spacial score (nSPS) is 14.0. The van der Waals surface area contributed by atoms with Crippen molar-refractivity contribution in [2.45, 2.75) is 38.5 Å². The van der Waals surface area contributed by atoms with Gasteiger partial charge in [0.15, 0.2) is 5.89 Å². The molecule has 0 aliphatic heterocycles. The van der Waals surface area contributed by atoms with Crippen molar-refractivity contribution in [2.24, 2.45) is 0 Å². The molecule has 1 saturated carbocycles. The van der Waals surface area contributed by atoms with Crippen molar-refractivity contribution >= 4 is 5.97 Å². The van der Waals surface area contributed by atoms with Crippen LogP contribution in [0.15, 0.2) is 28.7 Å². The van der Waals surface area contributed by atoms with Gasteiger partial charge in [-0.05, 0) is 37.5 Å². The van der Waals surface area contributed by atoms with Crippen LogP contribution in [0, 0.1) is 6.92 Å². The Morgan fingerprint density at radius 3 is 3.00 bits per heavy atom. The Morgan fingerprint density at radius 2 is 2.27 bits per heavy atom. The Morgan fingerprint density at radius 1 is 1.45 bits per heavy atom. The number of carbonyl (C=O) groups is 1. The molecule has 5 heteroatoms. The summed E-state index contributed by atoms with van der Waals surface area (Å²) in [5.74, 6) is 2.08. The number of carboxylic acids is 1. The first kappa shape index (κ1) is 14.6. The molecule has 1 aromatic carbocycles. The van der Waals surface area contributed by atoms with Gasteiger partial charge in [-0.1, -0.05) is 12.1 Å². The summed E-state index contributed by atoms with van der Waals surface area (Å²) in [6, 6.07) is 7.18. The van der Waals surface area contributed by atoms with Gasteiger partial charge < -0.3 is 14.3 Å². The minimum atomic E-state index is -0.844. The summed E-state index contributed by atoms with van der Waals surface area (Å²) in [7, 11) is 0. The maximum absolute atomic E-state index is 10.7. The number of aryl methyl sites for hydroxylation is 1. The van der Waals surface area contributed by atoms with Crippen LogP contribution < -0.4 is 4.74 Å². The minimum Gasteiger partial charge on any atom is -0.493 e. The van der Waals surface area contributed by atoms with Gasteiger partial charge in [-0.15, -0.1) is 0 Å². The number of oxazole rings is 1. The predicted molar refractivity (Wildman–Crippen MR) is 80.2 cm³/mol. The molecule has 0 unspecified atom stereocenters. The summed E-state index contributed by atoms with van der Waals surface area (Å²) in [5.41, 5.74) is 1.68. The van der Waals surface area contributed by atoms with Crippen molar-refractivity contribution in [2.75, 3.05) is 6.61 Å². The molecule has 5 nitrogen and oxygen atoms in total. The van der Waals surface area contributed by atoms with Crippen LogP contribution in [0.5, 0.6) is 5.75 Å². The van der Waals surface area contributed by atoms with Crippen molar-refractivity contribution in [3.8, 4) is 5.75 Å². The summed E-state index contributed by atoms with van der Waals surface area (Å²) >= 11 is 0. The fourth-order valence-electron chi connectivity index (χ4n) is 2.37. The molecule has 22 heavy (non-hydrogen) atoms. The van der Waals surface area contributed by atoms with Gasteiger partial charge in [-0.2, -0.15) is 0 Å². The topological polar surface area (TPSA) is 72.6 Å². The first-order chi connectivity index (χ1) is 10.6. The highest BCUT2D eigenvalue weighted by Gasteiger charge is 2.29. The Kier molecular flexibility index (Phi) is 4.13. The first-order valence-corrected chi connectivity index (χ1v) is 7.51. The van der Waals surface area contributed by atoms with Gasteiger partial charge in [0.2, 0.25) is 0 Å². The molecular weight excluding hydrogens is 282 g/mol. The second-order valence-corrected chi connectivity index (χ2v) is 5.65. The number of rotatable bonds is 7. The number of hydrogen-bond donors (Lipinski definition) is 1. The highest BCUT2D eigenvalue weighted by molar-refractivity contribution is 5.70. The smallest absolute Gasteiger partial charge is 0.307 e. The highest BCUT2D eigenvalue weighted by atomic mass is 16.5. The van der Waals surface area contributed by atoms with Crippen molar-refractivity contribution in [1.82, 2.24) is 4.98 Å². The molecule has 0 saturated heterocycles. The van der Waals surface area contributed by atoms with E-state index in [4.69, 9.17) is 14.3 Å². The Balaban J connectivity index is 1.55.